The molecular formula is C17H19BFNO2. The Morgan fingerprint density at radius 3 is 2.09 bits per heavy atom. The maximum atomic E-state index is 13.0. The highest BCUT2D eigenvalue weighted by atomic mass is 19.1. The van der Waals surface area contributed by atoms with E-state index in [0.29, 0.717) is 0 Å². The first kappa shape index (κ1) is 15.2. The largest absolute Gasteiger partial charge is 0.496 e. The SMILES string of the molecule is CC1(C)OB(c2cncc(-c3ccc(F)cc3)c2)OC1(C)C. The van der Waals surface area contributed by atoms with Crippen LogP contribution in [0.5, 0.6) is 0 Å². The van der Waals surface area contributed by atoms with E-state index >= 15 is 0 Å². The summed E-state index contributed by atoms with van der Waals surface area (Å²) in [6.07, 6.45) is 3.50. The molecule has 1 aliphatic heterocycles. The van der Waals surface area contributed by atoms with Crippen LogP contribution in [0.25, 0.3) is 11.1 Å². The highest BCUT2D eigenvalue weighted by Crippen LogP contribution is 2.36. The Morgan fingerprint density at radius 2 is 1.50 bits per heavy atom. The molecule has 0 bridgehead atoms. The van der Waals surface area contributed by atoms with Gasteiger partial charge in [-0.3, -0.25) is 4.98 Å². The summed E-state index contributed by atoms with van der Waals surface area (Å²) in [5.74, 6) is -0.251. The zero-order chi connectivity index (χ0) is 16.0. The van der Waals surface area contributed by atoms with Crippen LogP contribution in [0, 0.1) is 5.82 Å². The second kappa shape index (κ2) is 5.18. The summed E-state index contributed by atoms with van der Waals surface area (Å²) in [4.78, 5) is 4.27. The molecule has 2 aromatic rings. The Morgan fingerprint density at radius 1 is 0.909 bits per heavy atom. The zero-order valence-corrected chi connectivity index (χ0v) is 13.3. The number of nitrogens with zero attached hydrogens (tertiary/aromatic N) is 1. The van der Waals surface area contributed by atoms with Crippen LogP contribution in [-0.4, -0.2) is 23.3 Å². The molecular weight excluding hydrogens is 280 g/mol. The van der Waals surface area contributed by atoms with Crippen molar-refractivity contribution in [1.82, 2.24) is 4.98 Å². The first-order valence-electron chi connectivity index (χ1n) is 7.35. The van der Waals surface area contributed by atoms with Gasteiger partial charge in [0.1, 0.15) is 5.82 Å². The summed E-state index contributed by atoms with van der Waals surface area (Å²) in [6, 6.07) is 8.33. The Kier molecular flexibility index (Phi) is 3.58. The van der Waals surface area contributed by atoms with Gasteiger partial charge in [-0.25, -0.2) is 4.39 Å². The molecule has 0 N–H and O–H groups in total. The third kappa shape index (κ3) is 2.66. The predicted molar refractivity (Wildman–Crippen MR) is 85.3 cm³/mol. The molecule has 3 rings (SSSR count). The van der Waals surface area contributed by atoms with Gasteiger partial charge in [0.2, 0.25) is 0 Å². The molecule has 114 valence electrons. The highest BCUT2D eigenvalue weighted by Gasteiger charge is 2.51. The Labute approximate surface area is 130 Å². The zero-order valence-electron chi connectivity index (χ0n) is 13.3. The van der Waals surface area contributed by atoms with Crippen molar-refractivity contribution in [2.75, 3.05) is 0 Å². The topological polar surface area (TPSA) is 31.4 Å². The van der Waals surface area contributed by atoms with E-state index in [4.69, 9.17) is 9.31 Å². The van der Waals surface area contributed by atoms with Crippen LogP contribution >= 0.6 is 0 Å². The molecule has 1 aliphatic rings. The van der Waals surface area contributed by atoms with Gasteiger partial charge in [-0.05, 0) is 51.0 Å². The van der Waals surface area contributed by atoms with Gasteiger partial charge in [0.05, 0.1) is 11.2 Å². The van der Waals surface area contributed by atoms with Crippen LogP contribution in [0.2, 0.25) is 0 Å². The Hall–Kier alpha value is -1.72. The molecule has 2 heterocycles. The average molecular weight is 299 g/mol. The number of hydrogen-bond acceptors (Lipinski definition) is 3. The smallest absolute Gasteiger partial charge is 0.399 e. The fourth-order valence-corrected chi connectivity index (χ4v) is 2.37. The minimum absolute atomic E-state index is 0.251. The quantitative estimate of drug-likeness (QED) is 0.798. The standard InChI is InChI=1S/C17H19BFNO2/c1-16(2)17(3,4)22-18(21-16)14-9-13(10-20-11-14)12-5-7-15(19)8-6-12/h5-11H,1-4H3. The number of rotatable bonds is 2. The van der Waals surface area contributed by atoms with Crippen LogP contribution < -0.4 is 5.46 Å². The summed E-state index contributed by atoms with van der Waals surface area (Å²) in [6.45, 7) is 8.07. The van der Waals surface area contributed by atoms with Crippen molar-refractivity contribution in [3.8, 4) is 11.1 Å². The van der Waals surface area contributed by atoms with E-state index in [1.807, 2.05) is 33.8 Å². The minimum Gasteiger partial charge on any atom is -0.399 e. The van der Waals surface area contributed by atoms with E-state index in [-0.39, 0.29) is 17.0 Å². The summed E-state index contributed by atoms with van der Waals surface area (Å²) < 4.78 is 25.1. The molecule has 3 nitrogen and oxygen atoms in total. The van der Waals surface area contributed by atoms with Crippen molar-refractivity contribution in [1.29, 1.82) is 0 Å². The molecule has 0 radical (unpaired) electrons. The summed E-state index contributed by atoms with van der Waals surface area (Å²) in [7, 11) is -0.446. The van der Waals surface area contributed by atoms with Gasteiger partial charge >= 0.3 is 7.12 Å². The molecule has 0 amide bonds. The summed E-state index contributed by atoms with van der Waals surface area (Å²) >= 11 is 0. The monoisotopic (exact) mass is 299 g/mol. The molecule has 1 saturated heterocycles. The lowest BCUT2D eigenvalue weighted by Crippen LogP contribution is -2.41. The number of halogens is 1. The summed E-state index contributed by atoms with van der Waals surface area (Å²) in [5.41, 5.74) is 1.91. The van der Waals surface area contributed by atoms with Gasteiger partial charge in [0.15, 0.2) is 0 Å². The Balaban J connectivity index is 1.91. The van der Waals surface area contributed by atoms with Crippen LogP contribution in [0.4, 0.5) is 4.39 Å². The van der Waals surface area contributed by atoms with Crippen molar-refractivity contribution in [2.24, 2.45) is 0 Å². The number of benzene rings is 1. The van der Waals surface area contributed by atoms with Gasteiger partial charge < -0.3 is 9.31 Å². The van der Waals surface area contributed by atoms with Crippen molar-refractivity contribution in [3.05, 3.63) is 48.5 Å². The van der Waals surface area contributed by atoms with E-state index in [1.54, 1.807) is 24.5 Å². The molecule has 0 saturated carbocycles. The van der Waals surface area contributed by atoms with E-state index in [0.717, 1.165) is 16.6 Å². The molecule has 0 spiro atoms. The van der Waals surface area contributed by atoms with E-state index in [2.05, 4.69) is 4.98 Å². The first-order chi connectivity index (χ1) is 10.3. The molecule has 0 aliphatic carbocycles. The molecule has 1 aromatic heterocycles. The molecule has 22 heavy (non-hydrogen) atoms. The average Bonchev–Trinajstić information content (AvgIpc) is 2.68. The van der Waals surface area contributed by atoms with Crippen LogP contribution in [0.1, 0.15) is 27.7 Å². The lowest BCUT2D eigenvalue weighted by molar-refractivity contribution is 0.00578. The Bertz CT molecular complexity index is 669. The van der Waals surface area contributed by atoms with Crippen molar-refractivity contribution in [2.45, 2.75) is 38.9 Å². The third-order valence-corrected chi connectivity index (χ3v) is 4.46. The van der Waals surface area contributed by atoms with Crippen molar-refractivity contribution >= 4 is 12.6 Å². The minimum atomic E-state index is -0.446. The lowest BCUT2D eigenvalue weighted by Gasteiger charge is -2.32. The summed E-state index contributed by atoms with van der Waals surface area (Å²) in [5, 5.41) is 0. The van der Waals surface area contributed by atoms with Gasteiger partial charge in [-0.1, -0.05) is 18.2 Å². The fraction of sp³-hybridized carbons (Fsp3) is 0.353. The van der Waals surface area contributed by atoms with Gasteiger partial charge in [0, 0.05) is 17.9 Å². The number of hydrogen-bond donors (Lipinski definition) is 0. The third-order valence-electron chi connectivity index (χ3n) is 4.46. The second-order valence-corrected chi connectivity index (χ2v) is 6.60. The van der Waals surface area contributed by atoms with Crippen molar-refractivity contribution < 1.29 is 13.7 Å². The van der Waals surface area contributed by atoms with E-state index < -0.39 is 7.12 Å². The first-order valence-corrected chi connectivity index (χ1v) is 7.35. The van der Waals surface area contributed by atoms with Crippen LogP contribution in [0.15, 0.2) is 42.7 Å². The normalized spacial score (nSPS) is 19.4. The molecule has 1 fully saturated rings. The van der Waals surface area contributed by atoms with Crippen LogP contribution in [-0.2, 0) is 9.31 Å². The lowest BCUT2D eigenvalue weighted by atomic mass is 9.79. The van der Waals surface area contributed by atoms with Crippen LogP contribution in [0.3, 0.4) is 0 Å². The molecule has 5 heteroatoms. The van der Waals surface area contributed by atoms with Gasteiger partial charge in [-0.2, -0.15) is 0 Å². The van der Waals surface area contributed by atoms with Gasteiger partial charge in [0.25, 0.3) is 0 Å². The van der Waals surface area contributed by atoms with E-state index in [9.17, 15) is 4.39 Å². The number of aromatic nitrogens is 1. The van der Waals surface area contributed by atoms with Crippen molar-refractivity contribution in [3.63, 3.8) is 0 Å². The van der Waals surface area contributed by atoms with E-state index in [1.165, 1.54) is 12.1 Å². The molecule has 0 unspecified atom stereocenters. The second-order valence-electron chi connectivity index (χ2n) is 6.60. The maximum absolute atomic E-state index is 13.0. The van der Waals surface area contributed by atoms with Gasteiger partial charge in [-0.15, -0.1) is 0 Å². The fourth-order valence-electron chi connectivity index (χ4n) is 2.37. The maximum Gasteiger partial charge on any atom is 0.496 e. The molecule has 0 atom stereocenters. The highest BCUT2D eigenvalue weighted by molar-refractivity contribution is 6.62. The molecule has 1 aromatic carbocycles. The number of pyridine rings is 1. The predicted octanol–water partition coefficient (Wildman–Crippen LogP) is 3.19.